The lowest BCUT2D eigenvalue weighted by atomic mass is 10.1. The molecule has 5 nitrogen and oxygen atoms in total. The topological polar surface area (TPSA) is 66.5 Å². The van der Waals surface area contributed by atoms with E-state index >= 15 is 0 Å². The van der Waals surface area contributed by atoms with Crippen LogP contribution in [0.1, 0.15) is 15.9 Å². The highest BCUT2D eigenvalue weighted by Crippen LogP contribution is 2.26. The number of benzene rings is 2. The first-order valence-corrected chi connectivity index (χ1v) is 8.78. The molecule has 0 spiro atoms. The van der Waals surface area contributed by atoms with Crippen LogP contribution in [0.15, 0.2) is 41.3 Å². The summed E-state index contributed by atoms with van der Waals surface area (Å²) < 4.78 is 40.5. The summed E-state index contributed by atoms with van der Waals surface area (Å²) in [5.41, 5.74) is 1.23. The summed E-state index contributed by atoms with van der Waals surface area (Å²) in [6, 6.07) is 7.73. The maximum atomic E-state index is 13.1. The number of carbonyl (C=O) groups excluding carboxylic acids is 1. The molecule has 0 fully saturated rings. The van der Waals surface area contributed by atoms with Crippen molar-refractivity contribution in [1.29, 1.82) is 0 Å². The van der Waals surface area contributed by atoms with E-state index in [1.165, 1.54) is 11.0 Å². The fourth-order valence-corrected chi connectivity index (χ4v) is 3.67. The van der Waals surface area contributed by atoms with Crippen LogP contribution < -0.4 is 4.72 Å². The summed E-state index contributed by atoms with van der Waals surface area (Å²) >= 11 is 5.82. The minimum absolute atomic E-state index is 0.222. The second-order valence-corrected chi connectivity index (χ2v) is 7.47. The van der Waals surface area contributed by atoms with Crippen LogP contribution in [0.25, 0.3) is 0 Å². The SMILES string of the molecule is Cc1ccc(C(=O)N(C)C)cc1NS(=O)(=O)c1ccc(F)cc1Cl. The lowest BCUT2D eigenvalue weighted by Gasteiger charge is -2.15. The average molecular weight is 371 g/mol. The molecular formula is C16H16ClFN2O3S. The third kappa shape index (κ3) is 3.85. The number of nitrogens with one attached hydrogen (secondary N) is 1. The van der Waals surface area contributed by atoms with Crippen molar-refractivity contribution in [2.45, 2.75) is 11.8 Å². The highest BCUT2D eigenvalue weighted by atomic mass is 35.5. The molecule has 24 heavy (non-hydrogen) atoms. The van der Waals surface area contributed by atoms with Crippen LogP contribution in [0.4, 0.5) is 10.1 Å². The van der Waals surface area contributed by atoms with Crippen molar-refractivity contribution < 1.29 is 17.6 Å². The molecule has 0 bridgehead atoms. The Bertz CT molecular complexity index is 898. The smallest absolute Gasteiger partial charge is 0.263 e. The van der Waals surface area contributed by atoms with Gasteiger partial charge in [0.1, 0.15) is 10.7 Å². The highest BCUT2D eigenvalue weighted by Gasteiger charge is 2.20. The lowest BCUT2D eigenvalue weighted by Crippen LogP contribution is -2.22. The summed E-state index contributed by atoms with van der Waals surface area (Å²) in [5.74, 6) is -0.885. The number of rotatable bonds is 4. The van der Waals surface area contributed by atoms with Gasteiger partial charge in [-0.3, -0.25) is 9.52 Å². The Morgan fingerprint density at radius 3 is 2.42 bits per heavy atom. The van der Waals surface area contributed by atoms with Crippen LogP contribution in [0, 0.1) is 12.7 Å². The predicted octanol–water partition coefficient (Wildman–Crippen LogP) is 3.29. The monoisotopic (exact) mass is 370 g/mol. The van der Waals surface area contributed by atoms with E-state index in [9.17, 15) is 17.6 Å². The van der Waals surface area contributed by atoms with Gasteiger partial charge in [-0.15, -0.1) is 0 Å². The standard InChI is InChI=1S/C16H16ClFN2O3S/c1-10-4-5-11(16(21)20(2)3)8-14(10)19-24(22,23)15-7-6-12(18)9-13(15)17/h4-9,19H,1-3H3. The Hall–Kier alpha value is -2.12. The molecule has 0 radical (unpaired) electrons. The molecule has 0 heterocycles. The van der Waals surface area contributed by atoms with Crippen LogP contribution >= 0.6 is 11.6 Å². The maximum Gasteiger partial charge on any atom is 0.263 e. The highest BCUT2D eigenvalue weighted by molar-refractivity contribution is 7.92. The maximum absolute atomic E-state index is 13.1. The van der Waals surface area contributed by atoms with Gasteiger partial charge < -0.3 is 4.90 Å². The van der Waals surface area contributed by atoms with Crippen LogP contribution in [0.3, 0.4) is 0 Å². The summed E-state index contributed by atoms with van der Waals surface area (Å²) in [5, 5.41) is -0.222. The minimum Gasteiger partial charge on any atom is -0.345 e. The van der Waals surface area contributed by atoms with Crippen LogP contribution in [-0.4, -0.2) is 33.3 Å². The molecule has 0 aliphatic carbocycles. The van der Waals surface area contributed by atoms with E-state index in [-0.39, 0.29) is 21.5 Å². The molecule has 1 amide bonds. The summed E-state index contributed by atoms with van der Waals surface area (Å²) in [4.78, 5) is 13.2. The number of aryl methyl sites for hydroxylation is 1. The molecule has 0 unspecified atom stereocenters. The van der Waals surface area contributed by atoms with Crippen molar-refractivity contribution in [3.05, 3.63) is 58.4 Å². The van der Waals surface area contributed by atoms with Crippen LogP contribution in [-0.2, 0) is 10.0 Å². The van der Waals surface area contributed by atoms with E-state index in [0.29, 0.717) is 11.1 Å². The van der Waals surface area contributed by atoms with Gasteiger partial charge in [0.15, 0.2) is 0 Å². The molecule has 0 saturated heterocycles. The van der Waals surface area contributed by atoms with Crippen molar-refractivity contribution in [3.8, 4) is 0 Å². The molecule has 0 aliphatic rings. The predicted molar refractivity (Wildman–Crippen MR) is 91.4 cm³/mol. The fourth-order valence-electron chi connectivity index (χ4n) is 2.02. The third-order valence-corrected chi connectivity index (χ3v) is 5.17. The Kier molecular flexibility index (Phi) is 5.15. The summed E-state index contributed by atoms with van der Waals surface area (Å²) in [7, 11) is -0.816. The Balaban J connectivity index is 2.42. The van der Waals surface area contributed by atoms with E-state index in [4.69, 9.17) is 11.6 Å². The van der Waals surface area contributed by atoms with Gasteiger partial charge in [0.25, 0.3) is 15.9 Å². The zero-order chi connectivity index (χ0) is 18.1. The van der Waals surface area contributed by atoms with Gasteiger partial charge in [-0.1, -0.05) is 17.7 Å². The van der Waals surface area contributed by atoms with E-state index < -0.39 is 15.8 Å². The first-order chi connectivity index (χ1) is 11.1. The van der Waals surface area contributed by atoms with E-state index in [1.54, 1.807) is 33.2 Å². The molecule has 0 aromatic heterocycles. The number of anilines is 1. The van der Waals surface area contributed by atoms with Gasteiger partial charge in [-0.05, 0) is 42.8 Å². The first-order valence-electron chi connectivity index (χ1n) is 6.92. The van der Waals surface area contributed by atoms with Crippen molar-refractivity contribution >= 4 is 33.2 Å². The quantitative estimate of drug-likeness (QED) is 0.898. The van der Waals surface area contributed by atoms with E-state index in [1.807, 2.05) is 0 Å². The van der Waals surface area contributed by atoms with Crippen molar-refractivity contribution in [3.63, 3.8) is 0 Å². The zero-order valence-corrected chi connectivity index (χ0v) is 14.9. The van der Waals surface area contributed by atoms with Crippen LogP contribution in [0.2, 0.25) is 5.02 Å². The lowest BCUT2D eigenvalue weighted by molar-refractivity contribution is 0.0827. The van der Waals surface area contributed by atoms with Gasteiger partial charge in [0.2, 0.25) is 0 Å². The van der Waals surface area contributed by atoms with Crippen LogP contribution in [0.5, 0.6) is 0 Å². The molecule has 1 N–H and O–H groups in total. The normalized spacial score (nSPS) is 11.2. The number of nitrogens with zero attached hydrogens (tertiary/aromatic N) is 1. The molecular weight excluding hydrogens is 355 g/mol. The van der Waals surface area contributed by atoms with Crippen molar-refractivity contribution in [1.82, 2.24) is 4.90 Å². The number of carbonyl (C=O) groups is 1. The molecule has 2 aromatic carbocycles. The number of hydrogen-bond donors (Lipinski definition) is 1. The molecule has 8 heteroatoms. The summed E-state index contributed by atoms with van der Waals surface area (Å²) in [6.45, 7) is 1.70. The van der Waals surface area contributed by atoms with Gasteiger partial charge >= 0.3 is 0 Å². The van der Waals surface area contributed by atoms with E-state index in [0.717, 1.165) is 18.2 Å². The summed E-state index contributed by atoms with van der Waals surface area (Å²) in [6.07, 6.45) is 0. The van der Waals surface area contributed by atoms with Gasteiger partial charge in [-0.2, -0.15) is 0 Å². The van der Waals surface area contributed by atoms with Gasteiger partial charge in [0.05, 0.1) is 10.7 Å². The first kappa shape index (κ1) is 18.2. The molecule has 0 aliphatic heterocycles. The molecule has 2 rings (SSSR count). The molecule has 0 saturated carbocycles. The molecule has 2 aromatic rings. The second kappa shape index (κ2) is 6.78. The van der Waals surface area contributed by atoms with Gasteiger partial charge in [0, 0.05) is 19.7 Å². The largest absolute Gasteiger partial charge is 0.345 e. The Morgan fingerprint density at radius 1 is 1.17 bits per heavy atom. The Morgan fingerprint density at radius 2 is 1.83 bits per heavy atom. The van der Waals surface area contributed by atoms with Crippen molar-refractivity contribution in [2.24, 2.45) is 0 Å². The number of halogens is 2. The number of amides is 1. The van der Waals surface area contributed by atoms with E-state index in [2.05, 4.69) is 4.72 Å². The second-order valence-electron chi connectivity index (χ2n) is 5.41. The van der Waals surface area contributed by atoms with Crippen molar-refractivity contribution in [2.75, 3.05) is 18.8 Å². The zero-order valence-electron chi connectivity index (χ0n) is 13.3. The van der Waals surface area contributed by atoms with Gasteiger partial charge in [-0.25, -0.2) is 12.8 Å². The third-order valence-electron chi connectivity index (χ3n) is 3.32. The minimum atomic E-state index is -4.02. The molecule has 128 valence electrons. The number of sulfonamides is 1. The molecule has 0 atom stereocenters. The fraction of sp³-hybridized carbons (Fsp3) is 0.188. The Labute approximate surface area is 145 Å². The number of hydrogen-bond acceptors (Lipinski definition) is 3. The average Bonchev–Trinajstić information content (AvgIpc) is 2.48.